The fourth-order valence-corrected chi connectivity index (χ4v) is 2.74. The van der Waals surface area contributed by atoms with E-state index in [0.717, 1.165) is 45.3 Å². The first-order valence-corrected chi connectivity index (χ1v) is 7.54. The van der Waals surface area contributed by atoms with Crippen molar-refractivity contribution in [2.45, 2.75) is 70.6 Å². The maximum atomic E-state index is 5.94. The first kappa shape index (κ1) is 14.5. The molecule has 19 heavy (non-hydrogen) atoms. The van der Waals surface area contributed by atoms with Crippen molar-refractivity contribution in [1.29, 1.82) is 0 Å². The summed E-state index contributed by atoms with van der Waals surface area (Å²) in [6.07, 6.45) is 9.87. The Bertz CT molecular complexity index is 367. The second kappa shape index (κ2) is 7.06. The zero-order valence-corrected chi connectivity index (χ0v) is 12.2. The van der Waals surface area contributed by atoms with Gasteiger partial charge >= 0.3 is 0 Å². The standard InChI is InChI=1S/C15H27N3O/c1-12(2)15-10-17-11-18(15)8-3-9-19-14-6-4-13(16)5-7-14/h10-14H,3-9,16H2,1-2H3. The monoisotopic (exact) mass is 265 g/mol. The minimum absolute atomic E-state index is 0.402. The summed E-state index contributed by atoms with van der Waals surface area (Å²) in [7, 11) is 0. The molecule has 0 aliphatic heterocycles. The Balaban J connectivity index is 1.65. The summed E-state index contributed by atoms with van der Waals surface area (Å²) in [4.78, 5) is 4.23. The van der Waals surface area contributed by atoms with Gasteiger partial charge in [0.2, 0.25) is 0 Å². The Kier molecular flexibility index (Phi) is 5.40. The summed E-state index contributed by atoms with van der Waals surface area (Å²) in [6.45, 7) is 6.25. The van der Waals surface area contributed by atoms with Crippen LogP contribution in [0.5, 0.6) is 0 Å². The molecule has 1 fully saturated rings. The fourth-order valence-electron chi connectivity index (χ4n) is 2.74. The molecule has 1 aliphatic carbocycles. The molecule has 4 nitrogen and oxygen atoms in total. The van der Waals surface area contributed by atoms with E-state index in [2.05, 4.69) is 23.4 Å². The van der Waals surface area contributed by atoms with Crippen LogP contribution in [0.3, 0.4) is 0 Å². The predicted molar refractivity (Wildman–Crippen MR) is 77.1 cm³/mol. The Morgan fingerprint density at radius 2 is 2.11 bits per heavy atom. The van der Waals surface area contributed by atoms with Crippen LogP contribution in [0.25, 0.3) is 0 Å². The molecule has 4 heteroatoms. The van der Waals surface area contributed by atoms with Crippen LogP contribution in [0.4, 0.5) is 0 Å². The van der Waals surface area contributed by atoms with Gasteiger partial charge in [-0.2, -0.15) is 0 Å². The smallest absolute Gasteiger partial charge is 0.0948 e. The van der Waals surface area contributed by atoms with Gasteiger partial charge in [-0.15, -0.1) is 0 Å². The second-order valence-electron chi connectivity index (χ2n) is 5.93. The van der Waals surface area contributed by atoms with Gasteiger partial charge in [0.15, 0.2) is 0 Å². The number of hydrogen-bond donors (Lipinski definition) is 1. The van der Waals surface area contributed by atoms with Crippen molar-refractivity contribution in [3.05, 3.63) is 18.2 Å². The third-order valence-electron chi connectivity index (χ3n) is 3.95. The van der Waals surface area contributed by atoms with E-state index in [9.17, 15) is 0 Å². The SMILES string of the molecule is CC(C)c1cncn1CCCOC1CCC(N)CC1. The van der Waals surface area contributed by atoms with E-state index < -0.39 is 0 Å². The van der Waals surface area contributed by atoms with Gasteiger partial charge in [-0.3, -0.25) is 0 Å². The molecule has 0 spiro atoms. The van der Waals surface area contributed by atoms with Crippen molar-refractivity contribution in [1.82, 2.24) is 9.55 Å². The van der Waals surface area contributed by atoms with E-state index in [-0.39, 0.29) is 0 Å². The normalized spacial score (nSPS) is 24.0. The zero-order valence-electron chi connectivity index (χ0n) is 12.2. The zero-order chi connectivity index (χ0) is 13.7. The maximum absolute atomic E-state index is 5.94. The number of aromatic nitrogens is 2. The Labute approximate surface area is 116 Å². The Morgan fingerprint density at radius 1 is 1.37 bits per heavy atom. The third kappa shape index (κ3) is 4.32. The van der Waals surface area contributed by atoms with Crippen molar-refractivity contribution in [3.63, 3.8) is 0 Å². The number of nitrogens with two attached hydrogens (primary N) is 1. The van der Waals surface area contributed by atoms with Crippen LogP contribution in [0.2, 0.25) is 0 Å². The van der Waals surface area contributed by atoms with Gasteiger partial charge in [0.1, 0.15) is 0 Å². The molecular formula is C15H27N3O. The summed E-state index contributed by atoms with van der Waals surface area (Å²) >= 11 is 0. The molecule has 0 radical (unpaired) electrons. The highest BCUT2D eigenvalue weighted by atomic mass is 16.5. The number of nitrogens with zero attached hydrogens (tertiary/aromatic N) is 2. The summed E-state index contributed by atoms with van der Waals surface area (Å²) in [5.41, 5.74) is 7.20. The predicted octanol–water partition coefficient (Wildman–Crippen LogP) is 2.68. The molecule has 1 saturated carbocycles. The molecular weight excluding hydrogens is 238 g/mol. The Hall–Kier alpha value is -0.870. The summed E-state index contributed by atoms with van der Waals surface area (Å²) in [5, 5.41) is 0. The highest BCUT2D eigenvalue weighted by Crippen LogP contribution is 2.20. The molecule has 0 atom stereocenters. The molecule has 2 rings (SSSR count). The van der Waals surface area contributed by atoms with Crippen molar-refractivity contribution in [3.8, 4) is 0 Å². The van der Waals surface area contributed by atoms with Gasteiger partial charge in [0, 0.05) is 31.1 Å². The van der Waals surface area contributed by atoms with Crippen LogP contribution in [0.15, 0.2) is 12.5 Å². The largest absolute Gasteiger partial charge is 0.378 e. The van der Waals surface area contributed by atoms with Gasteiger partial charge in [-0.05, 0) is 38.0 Å². The molecule has 1 aromatic heterocycles. The lowest BCUT2D eigenvalue weighted by atomic mass is 9.94. The van der Waals surface area contributed by atoms with Crippen molar-refractivity contribution >= 4 is 0 Å². The minimum Gasteiger partial charge on any atom is -0.378 e. The van der Waals surface area contributed by atoms with E-state index in [1.54, 1.807) is 0 Å². The van der Waals surface area contributed by atoms with Crippen LogP contribution < -0.4 is 5.73 Å². The van der Waals surface area contributed by atoms with Crippen LogP contribution in [-0.2, 0) is 11.3 Å². The number of imidazole rings is 1. The van der Waals surface area contributed by atoms with Crippen molar-refractivity contribution in [2.75, 3.05) is 6.61 Å². The van der Waals surface area contributed by atoms with Gasteiger partial charge in [-0.1, -0.05) is 13.8 Å². The van der Waals surface area contributed by atoms with Crippen LogP contribution in [0, 0.1) is 0 Å². The van der Waals surface area contributed by atoms with Gasteiger partial charge in [0.05, 0.1) is 12.4 Å². The maximum Gasteiger partial charge on any atom is 0.0948 e. The summed E-state index contributed by atoms with van der Waals surface area (Å²) in [6, 6.07) is 0.402. The molecule has 108 valence electrons. The molecule has 1 heterocycles. The fraction of sp³-hybridized carbons (Fsp3) is 0.800. The lowest BCUT2D eigenvalue weighted by Gasteiger charge is -2.26. The van der Waals surface area contributed by atoms with E-state index in [1.807, 2.05) is 12.5 Å². The van der Waals surface area contributed by atoms with E-state index >= 15 is 0 Å². The molecule has 1 aliphatic rings. The average molecular weight is 265 g/mol. The highest BCUT2D eigenvalue weighted by molar-refractivity contribution is 5.03. The average Bonchev–Trinajstić information content (AvgIpc) is 2.85. The first-order valence-electron chi connectivity index (χ1n) is 7.54. The minimum atomic E-state index is 0.402. The van der Waals surface area contributed by atoms with Gasteiger partial charge in [0.25, 0.3) is 0 Å². The molecule has 0 bridgehead atoms. The molecule has 0 unspecified atom stereocenters. The topological polar surface area (TPSA) is 53.1 Å². The molecule has 2 N–H and O–H groups in total. The first-order chi connectivity index (χ1) is 9.16. The molecule has 0 saturated heterocycles. The summed E-state index contributed by atoms with van der Waals surface area (Å²) in [5.74, 6) is 0.531. The van der Waals surface area contributed by atoms with Gasteiger partial charge in [-0.25, -0.2) is 4.98 Å². The van der Waals surface area contributed by atoms with Crippen LogP contribution in [0.1, 0.15) is 57.6 Å². The van der Waals surface area contributed by atoms with Crippen LogP contribution >= 0.6 is 0 Å². The number of aryl methyl sites for hydroxylation is 1. The summed E-state index contributed by atoms with van der Waals surface area (Å²) < 4.78 is 8.18. The highest BCUT2D eigenvalue weighted by Gasteiger charge is 2.18. The Morgan fingerprint density at radius 3 is 2.79 bits per heavy atom. The van der Waals surface area contributed by atoms with E-state index in [4.69, 9.17) is 10.5 Å². The second-order valence-corrected chi connectivity index (χ2v) is 5.93. The van der Waals surface area contributed by atoms with Gasteiger partial charge < -0.3 is 15.0 Å². The lowest BCUT2D eigenvalue weighted by Crippen LogP contribution is -2.30. The quantitative estimate of drug-likeness (QED) is 0.805. The molecule has 0 aromatic carbocycles. The third-order valence-corrected chi connectivity index (χ3v) is 3.95. The molecule has 1 aromatic rings. The lowest BCUT2D eigenvalue weighted by molar-refractivity contribution is 0.0224. The molecule has 0 amide bonds. The van der Waals surface area contributed by atoms with Crippen molar-refractivity contribution < 1.29 is 4.74 Å². The number of rotatable bonds is 6. The number of ether oxygens (including phenoxy) is 1. The van der Waals surface area contributed by atoms with E-state index in [1.165, 1.54) is 5.69 Å². The van der Waals surface area contributed by atoms with E-state index in [0.29, 0.717) is 18.1 Å². The number of hydrogen-bond acceptors (Lipinski definition) is 3. The van der Waals surface area contributed by atoms with Crippen molar-refractivity contribution in [2.24, 2.45) is 5.73 Å². The van der Waals surface area contributed by atoms with Crippen LogP contribution in [-0.4, -0.2) is 28.3 Å².